The highest BCUT2D eigenvalue weighted by Crippen LogP contribution is 2.20. The van der Waals surface area contributed by atoms with Gasteiger partial charge in [-0.25, -0.2) is 8.42 Å². The molecule has 8 nitrogen and oxygen atoms in total. The third-order valence-electron chi connectivity index (χ3n) is 4.76. The van der Waals surface area contributed by atoms with Crippen LogP contribution in [0.1, 0.15) is 23.2 Å². The second-order valence-electron chi connectivity index (χ2n) is 7.18. The molecule has 2 aromatic rings. The molecule has 0 radical (unpaired) electrons. The summed E-state index contributed by atoms with van der Waals surface area (Å²) in [6.07, 6.45) is 2.93. The van der Waals surface area contributed by atoms with Gasteiger partial charge in [0.2, 0.25) is 15.9 Å². The zero-order chi connectivity index (χ0) is 22.4. The van der Waals surface area contributed by atoms with Gasteiger partial charge in [0.1, 0.15) is 6.54 Å². The number of halogens is 1. The molecule has 0 aliphatic carbocycles. The Balaban J connectivity index is 1.70. The minimum Gasteiger partial charge on any atom is -0.376 e. The first-order valence-electron chi connectivity index (χ1n) is 9.76. The summed E-state index contributed by atoms with van der Waals surface area (Å²) in [6.45, 7) is 0.686. The Labute approximate surface area is 195 Å². The van der Waals surface area contributed by atoms with E-state index in [2.05, 4.69) is 33.2 Å². The quantitative estimate of drug-likeness (QED) is 0.486. The first-order chi connectivity index (χ1) is 14.7. The molecule has 166 valence electrons. The van der Waals surface area contributed by atoms with E-state index < -0.39 is 22.5 Å². The lowest BCUT2D eigenvalue weighted by atomic mass is 10.1. The van der Waals surface area contributed by atoms with E-state index in [1.807, 2.05) is 0 Å². The van der Waals surface area contributed by atoms with Crippen molar-refractivity contribution >= 4 is 55.8 Å². The molecule has 0 spiro atoms. The molecule has 1 saturated heterocycles. The van der Waals surface area contributed by atoms with E-state index in [1.165, 1.54) is 0 Å². The number of nitrogens with zero attached hydrogens (tertiary/aromatic N) is 1. The SMILES string of the molecule is CS(=O)(=O)N(CC(=O)Nc1ccccc1C(=O)NC[C@@H]1CCCO1)c1ccc(I)cc1. The molecule has 2 N–H and O–H groups in total. The van der Waals surface area contributed by atoms with Gasteiger partial charge in [0.25, 0.3) is 5.91 Å². The molecule has 0 bridgehead atoms. The summed E-state index contributed by atoms with van der Waals surface area (Å²) in [4.78, 5) is 25.3. The highest BCUT2D eigenvalue weighted by atomic mass is 127. The predicted molar refractivity (Wildman–Crippen MR) is 128 cm³/mol. The van der Waals surface area contributed by atoms with Crippen LogP contribution in [0.5, 0.6) is 0 Å². The molecule has 1 aliphatic rings. The van der Waals surface area contributed by atoms with Gasteiger partial charge in [-0.05, 0) is 71.8 Å². The van der Waals surface area contributed by atoms with Crippen LogP contribution in [0, 0.1) is 3.57 Å². The number of nitrogens with one attached hydrogen (secondary N) is 2. The number of benzene rings is 2. The molecule has 0 saturated carbocycles. The number of carbonyl (C=O) groups is 2. The summed E-state index contributed by atoms with van der Waals surface area (Å²) in [7, 11) is -3.69. The summed E-state index contributed by atoms with van der Waals surface area (Å²) < 4.78 is 32.0. The Morgan fingerprint density at radius 3 is 2.52 bits per heavy atom. The second-order valence-corrected chi connectivity index (χ2v) is 10.3. The molecule has 0 aromatic heterocycles. The Morgan fingerprint density at radius 1 is 1.16 bits per heavy atom. The molecule has 2 amide bonds. The van der Waals surface area contributed by atoms with Gasteiger partial charge in [-0.2, -0.15) is 0 Å². The fourth-order valence-electron chi connectivity index (χ4n) is 3.22. The molecule has 3 rings (SSSR count). The number of rotatable bonds is 8. The lowest BCUT2D eigenvalue weighted by Crippen LogP contribution is -2.38. The Bertz CT molecular complexity index is 1040. The predicted octanol–water partition coefficient (Wildman–Crippen LogP) is 2.60. The van der Waals surface area contributed by atoms with Gasteiger partial charge < -0.3 is 15.4 Å². The van der Waals surface area contributed by atoms with E-state index >= 15 is 0 Å². The number of carbonyl (C=O) groups excluding carboxylic acids is 2. The van der Waals surface area contributed by atoms with Crippen molar-refractivity contribution in [2.24, 2.45) is 0 Å². The minimum absolute atomic E-state index is 0.00274. The standard InChI is InChI=1S/C21H24IN3O5S/c1-31(28,29)25(16-10-8-15(22)9-11-16)14-20(26)24-19-7-3-2-6-18(19)21(27)23-13-17-5-4-12-30-17/h2-3,6-11,17H,4-5,12-14H2,1H3,(H,23,27)(H,24,26)/t17-/m0/s1. The number of sulfonamides is 1. The Morgan fingerprint density at radius 2 is 1.87 bits per heavy atom. The second kappa shape index (κ2) is 10.4. The van der Waals surface area contributed by atoms with Gasteiger partial charge in [0, 0.05) is 16.7 Å². The summed E-state index contributed by atoms with van der Waals surface area (Å²) in [5.74, 6) is -0.882. The fraction of sp³-hybridized carbons (Fsp3) is 0.333. The largest absolute Gasteiger partial charge is 0.376 e. The van der Waals surface area contributed by atoms with Crippen molar-refractivity contribution in [3.8, 4) is 0 Å². The zero-order valence-corrected chi connectivity index (χ0v) is 20.0. The van der Waals surface area contributed by atoms with Crippen molar-refractivity contribution in [2.45, 2.75) is 18.9 Å². The van der Waals surface area contributed by atoms with Crippen molar-refractivity contribution in [1.82, 2.24) is 5.32 Å². The maximum Gasteiger partial charge on any atom is 0.253 e. The van der Waals surface area contributed by atoms with E-state index in [0.29, 0.717) is 30.1 Å². The van der Waals surface area contributed by atoms with Crippen LogP contribution in [0.2, 0.25) is 0 Å². The molecule has 0 unspecified atom stereocenters. The number of amides is 2. The van der Waals surface area contributed by atoms with E-state index in [0.717, 1.165) is 27.0 Å². The first-order valence-corrected chi connectivity index (χ1v) is 12.7. The van der Waals surface area contributed by atoms with Crippen LogP contribution in [-0.2, 0) is 19.6 Å². The Hall–Kier alpha value is -2.18. The van der Waals surface area contributed by atoms with Crippen LogP contribution in [0.3, 0.4) is 0 Å². The van der Waals surface area contributed by atoms with Crippen molar-refractivity contribution in [3.05, 3.63) is 57.7 Å². The van der Waals surface area contributed by atoms with Crippen LogP contribution >= 0.6 is 22.6 Å². The van der Waals surface area contributed by atoms with Crippen LogP contribution in [0.4, 0.5) is 11.4 Å². The fourth-order valence-corrected chi connectivity index (χ4v) is 4.44. The van der Waals surface area contributed by atoms with Crippen molar-refractivity contribution in [2.75, 3.05) is 35.6 Å². The van der Waals surface area contributed by atoms with E-state index in [-0.39, 0.29) is 12.0 Å². The molecular formula is C21H24IN3O5S. The monoisotopic (exact) mass is 557 g/mol. The van der Waals surface area contributed by atoms with Gasteiger partial charge in [-0.3, -0.25) is 13.9 Å². The molecule has 2 aromatic carbocycles. The van der Waals surface area contributed by atoms with Gasteiger partial charge in [0.05, 0.1) is 29.3 Å². The van der Waals surface area contributed by atoms with Crippen molar-refractivity contribution in [3.63, 3.8) is 0 Å². The van der Waals surface area contributed by atoms with Gasteiger partial charge >= 0.3 is 0 Å². The van der Waals surface area contributed by atoms with Crippen LogP contribution in [0.25, 0.3) is 0 Å². The first kappa shape index (κ1) is 23.5. The van der Waals surface area contributed by atoms with Crippen LogP contribution in [0.15, 0.2) is 48.5 Å². The average molecular weight is 557 g/mol. The summed E-state index contributed by atoms with van der Waals surface area (Å²) in [5, 5.41) is 5.49. The minimum atomic E-state index is -3.69. The lowest BCUT2D eigenvalue weighted by molar-refractivity contribution is -0.114. The average Bonchev–Trinajstić information content (AvgIpc) is 3.24. The van der Waals surface area contributed by atoms with Crippen LogP contribution < -0.4 is 14.9 Å². The third-order valence-corrected chi connectivity index (χ3v) is 6.62. The van der Waals surface area contributed by atoms with Gasteiger partial charge in [-0.15, -0.1) is 0 Å². The summed E-state index contributed by atoms with van der Waals surface area (Å²) in [5.41, 5.74) is 1.00. The van der Waals surface area contributed by atoms with Crippen LogP contribution in [-0.4, -0.2) is 52.3 Å². The highest BCUT2D eigenvalue weighted by molar-refractivity contribution is 14.1. The van der Waals surface area contributed by atoms with E-state index in [1.54, 1.807) is 48.5 Å². The molecule has 1 atom stereocenters. The molecular weight excluding hydrogens is 533 g/mol. The van der Waals surface area contributed by atoms with Gasteiger partial charge in [-0.1, -0.05) is 12.1 Å². The molecule has 1 heterocycles. The maximum atomic E-state index is 12.7. The van der Waals surface area contributed by atoms with Crippen molar-refractivity contribution < 1.29 is 22.7 Å². The molecule has 1 aliphatic heterocycles. The summed E-state index contributed by atoms with van der Waals surface area (Å²) in [6, 6.07) is 13.4. The number of hydrogen-bond acceptors (Lipinski definition) is 5. The normalized spacial score (nSPS) is 16.0. The van der Waals surface area contributed by atoms with E-state index in [4.69, 9.17) is 4.74 Å². The smallest absolute Gasteiger partial charge is 0.253 e. The van der Waals surface area contributed by atoms with Crippen molar-refractivity contribution in [1.29, 1.82) is 0 Å². The number of ether oxygens (including phenoxy) is 1. The van der Waals surface area contributed by atoms with Gasteiger partial charge in [0.15, 0.2) is 0 Å². The number of hydrogen-bond donors (Lipinski definition) is 2. The zero-order valence-electron chi connectivity index (χ0n) is 17.0. The highest BCUT2D eigenvalue weighted by Gasteiger charge is 2.22. The Kier molecular flexibility index (Phi) is 7.89. The summed E-state index contributed by atoms with van der Waals surface area (Å²) >= 11 is 2.12. The molecule has 31 heavy (non-hydrogen) atoms. The molecule has 10 heteroatoms. The topological polar surface area (TPSA) is 105 Å². The van der Waals surface area contributed by atoms with E-state index in [9.17, 15) is 18.0 Å². The molecule has 1 fully saturated rings. The number of anilines is 2. The lowest BCUT2D eigenvalue weighted by Gasteiger charge is -2.22. The maximum absolute atomic E-state index is 12.7. The third kappa shape index (κ3) is 6.65. The number of para-hydroxylation sites is 1.